The van der Waals surface area contributed by atoms with Crippen LogP contribution in [-0.2, 0) is 0 Å². The van der Waals surface area contributed by atoms with Crippen LogP contribution in [0.15, 0.2) is 42.6 Å². The summed E-state index contributed by atoms with van der Waals surface area (Å²) in [6, 6.07) is 11.0. The lowest BCUT2D eigenvalue weighted by Gasteiger charge is -2.04. The molecule has 0 aliphatic carbocycles. The Kier molecular flexibility index (Phi) is 2.52. The fourth-order valence-electron chi connectivity index (χ4n) is 2.09. The zero-order valence-electron chi connectivity index (χ0n) is 10.2. The maximum Gasteiger partial charge on any atom is 0.339 e. The second kappa shape index (κ2) is 4.20. The van der Waals surface area contributed by atoms with Gasteiger partial charge in [0.2, 0.25) is 0 Å². The highest BCUT2D eigenvalue weighted by Crippen LogP contribution is 2.22. The van der Waals surface area contributed by atoms with Gasteiger partial charge in [-0.3, -0.25) is 4.40 Å². The van der Waals surface area contributed by atoms with Crippen LogP contribution in [0.2, 0.25) is 0 Å². The highest BCUT2D eigenvalue weighted by atomic mass is 16.4. The van der Waals surface area contributed by atoms with Gasteiger partial charge < -0.3 is 5.11 Å². The monoisotopic (exact) mass is 253 g/mol. The Labute approximate surface area is 109 Å². The molecule has 0 bridgehead atoms. The topological polar surface area (TPSA) is 67.5 Å². The Morgan fingerprint density at radius 3 is 2.68 bits per heavy atom. The third kappa shape index (κ3) is 1.76. The largest absolute Gasteiger partial charge is 0.478 e. The Balaban J connectivity index is 2.31. The number of fused-ring (bicyclic) bond motifs is 1. The molecule has 0 atom stereocenters. The molecule has 0 spiro atoms. The molecule has 0 radical (unpaired) electrons. The number of carbonyl (C=O) groups is 1. The second-order valence-electron chi connectivity index (χ2n) is 4.26. The average Bonchev–Trinajstić information content (AvgIpc) is 2.82. The van der Waals surface area contributed by atoms with Crippen LogP contribution in [0.4, 0.5) is 0 Å². The minimum atomic E-state index is -1.01. The van der Waals surface area contributed by atoms with Gasteiger partial charge in [0.1, 0.15) is 5.56 Å². The molecule has 2 heterocycles. The van der Waals surface area contributed by atoms with E-state index >= 15 is 0 Å². The molecule has 0 saturated heterocycles. The molecular weight excluding hydrogens is 242 g/mol. The molecular formula is C14H11N3O2. The van der Waals surface area contributed by atoms with E-state index in [1.165, 1.54) is 6.07 Å². The van der Waals surface area contributed by atoms with Gasteiger partial charge in [-0.2, -0.15) is 0 Å². The van der Waals surface area contributed by atoms with E-state index in [1.54, 1.807) is 16.7 Å². The van der Waals surface area contributed by atoms with Crippen molar-refractivity contribution in [2.45, 2.75) is 6.92 Å². The molecule has 1 aromatic carbocycles. The normalized spacial score (nSPS) is 10.8. The third-order valence-electron chi connectivity index (χ3n) is 3.05. The maximum absolute atomic E-state index is 11.1. The highest BCUT2D eigenvalue weighted by molar-refractivity contribution is 5.94. The van der Waals surface area contributed by atoms with Gasteiger partial charge >= 0.3 is 5.97 Å². The van der Waals surface area contributed by atoms with E-state index in [-0.39, 0.29) is 5.56 Å². The van der Waals surface area contributed by atoms with E-state index < -0.39 is 5.97 Å². The van der Waals surface area contributed by atoms with Crippen LogP contribution in [0, 0.1) is 6.92 Å². The number of aromatic nitrogens is 3. The van der Waals surface area contributed by atoms with Crippen molar-refractivity contribution in [3.8, 4) is 11.4 Å². The van der Waals surface area contributed by atoms with Crippen molar-refractivity contribution in [1.82, 2.24) is 14.6 Å². The number of aryl methyl sites for hydroxylation is 1. The molecule has 3 rings (SSSR count). The van der Waals surface area contributed by atoms with Crippen LogP contribution < -0.4 is 0 Å². The Morgan fingerprint density at radius 1 is 1.16 bits per heavy atom. The molecule has 19 heavy (non-hydrogen) atoms. The predicted octanol–water partition coefficient (Wildman–Crippen LogP) is 2.40. The van der Waals surface area contributed by atoms with Crippen molar-refractivity contribution in [3.63, 3.8) is 0 Å². The van der Waals surface area contributed by atoms with Crippen molar-refractivity contribution in [3.05, 3.63) is 53.7 Å². The molecule has 0 aliphatic heterocycles. The fraction of sp³-hybridized carbons (Fsp3) is 0.0714. The summed E-state index contributed by atoms with van der Waals surface area (Å²) in [5, 5.41) is 17.2. The number of carboxylic acid groups (broad SMARTS) is 1. The van der Waals surface area contributed by atoms with E-state index in [0.717, 1.165) is 11.1 Å². The molecule has 5 heteroatoms. The Hall–Kier alpha value is -2.69. The summed E-state index contributed by atoms with van der Waals surface area (Å²) in [7, 11) is 0. The number of hydrogen-bond donors (Lipinski definition) is 1. The van der Waals surface area contributed by atoms with Gasteiger partial charge in [-0.05, 0) is 24.6 Å². The lowest BCUT2D eigenvalue weighted by Crippen LogP contribution is -2.00. The molecule has 0 amide bonds. The van der Waals surface area contributed by atoms with Crippen molar-refractivity contribution >= 4 is 11.6 Å². The van der Waals surface area contributed by atoms with Crippen LogP contribution in [-0.4, -0.2) is 25.7 Å². The molecule has 0 aliphatic rings. The molecule has 5 nitrogen and oxygen atoms in total. The zero-order valence-corrected chi connectivity index (χ0v) is 10.2. The second-order valence-corrected chi connectivity index (χ2v) is 4.26. The summed E-state index contributed by atoms with van der Waals surface area (Å²) < 4.78 is 1.70. The summed E-state index contributed by atoms with van der Waals surface area (Å²) in [5.74, 6) is -0.356. The van der Waals surface area contributed by atoms with E-state index in [2.05, 4.69) is 10.2 Å². The number of benzene rings is 1. The van der Waals surface area contributed by atoms with E-state index in [4.69, 9.17) is 5.11 Å². The van der Waals surface area contributed by atoms with Gasteiger partial charge in [0.25, 0.3) is 0 Å². The third-order valence-corrected chi connectivity index (χ3v) is 3.05. The molecule has 3 aromatic rings. The van der Waals surface area contributed by atoms with Gasteiger partial charge in [-0.1, -0.05) is 24.3 Å². The zero-order chi connectivity index (χ0) is 13.4. The fourth-order valence-corrected chi connectivity index (χ4v) is 2.09. The SMILES string of the molecule is Cc1ccccc1-c1nnc2c(C(=O)O)cccn12. The first-order chi connectivity index (χ1) is 9.18. The minimum Gasteiger partial charge on any atom is -0.478 e. The Morgan fingerprint density at radius 2 is 1.95 bits per heavy atom. The number of hydrogen-bond acceptors (Lipinski definition) is 3. The van der Waals surface area contributed by atoms with Crippen LogP contribution in [0.3, 0.4) is 0 Å². The average molecular weight is 253 g/mol. The lowest BCUT2D eigenvalue weighted by molar-refractivity contribution is 0.0698. The summed E-state index contributed by atoms with van der Waals surface area (Å²) in [6.07, 6.45) is 1.77. The van der Waals surface area contributed by atoms with Crippen molar-refractivity contribution in [2.24, 2.45) is 0 Å². The molecule has 2 aromatic heterocycles. The summed E-state index contributed by atoms with van der Waals surface area (Å²) in [5.41, 5.74) is 2.51. The minimum absolute atomic E-state index is 0.148. The highest BCUT2D eigenvalue weighted by Gasteiger charge is 2.15. The lowest BCUT2D eigenvalue weighted by atomic mass is 10.1. The summed E-state index contributed by atoms with van der Waals surface area (Å²) in [4.78, 5) is 11.1. The van der Waals surface area contributed by atoms with Crippen LogP contribution in [0.25, 0.3) is 17.0 Å². The first-order valence-corrected chi connectivity index (χ1v) is 5.81. The van der Waals surface area contributed by atoms with Crippen LogP contribution in [0.1, 0.15) is 15.9 Å². The van der Waals surface area contributed by atoms with E-state index in [9.17, 15) is 4.79 Å². The van der Waals surface area contributed by atoms with Crippen molar-refractivity contribution in [2.75, 3.05) is 0 Å². The van der Waals surface area contributed by atoms with Gasteiger partial charge in [0.15, 0.2) is 11.5 Å². The molecule has 0 fully saturated rings. The predicted molar refractivity (Wildman–Crippen MR) is 70.1 cm³/mol. The number of pyridine rings is 1. The molecule has 94 valence electrons. The summed E-state index contributed by atoms with van der Waals surface area (Å²) in [6.45, 7) is 1.98. The molecule has 1 N–H and O–H groups in total. The quantitative estimate of drug-likeness (QED) is 0.761. The van der Waals surface area contributed by atoms with Crippen molar-refractivity contribution < 1.29 is 9.90 Å². The molecule has 0 saturated carbocycles. The Bertz CT molecular complexity index is 777. The summed E-state index contributed by atoms with van der Waals surface area (Å²) >= 11 is 0. The number of nitrogens with zero attached hydrogens (tertiary/aromatic N) is 3. The van der Waals surface area contributed by atoms with Gasteiger partial charge in [0.05, 0.1) is 0 Å². The maximum atomic E-state index is 11.1. The van der Waals surface area contributed by atoms with Crippen LogP contribution >= 0.6 is 0 Å². The van der Waals surface area contributed by atoms with E-state index in [1.807, 2.05) is 31.2 Å². The van der Waals surface area contributed by atoms with Crippen LogP contribution in [0.5, 0.6) is 0 Å². The first-order valence-electron chi connectivity index (χ1n) is 5.81. The van der Waals surface area contributed by atoms with Gasteiger partial charge in [0, 0.05) is 11.8 Å². The van der Waals surface area contributed by atoms with Crippen molar-refractivity contribution in [1.29, 1.82) is 0 Å². The molecule has 0 unspecified atom stereocenters. The van der Waals surface area contributed by atoms with Gasteiger partial charge in [-0.25, -0.2) is 4.79 Å². The number of rotatable bonds is 2. The number of aromatic carboxylic acids is 1. The standard InChI is InChI=1S/C14H11N3O2/c1-9-5-2-3-6-10(9)12-15-16-13-11(14(18)19)7-4-8-17(12)13/h2-8H,1H3,(H,18,19). The van der Waals surface area contributed by atoms with E-state index in [0.29, 0.717) is 11.5 Å². The smallest absolute Gasteiger partial charge is 0.339 e. The number of carboxylic acids is 1. The first kappa shape index (κ1) is 11.4. The van der Waals surface area contributed by atoms with Gasteiger partial charge in [-0.15, -0.1) is 10.2 Å².